The molecule has 0 aliphatic rings. The molecule has 1 unspecified atom stereocenters. The summed E-state index contributed by atoms with van der Waals surface area (Å²) in [6.45, 7) is 10.1. The largest absolute Gasteiger partial charge is 0.480 e. The summed E-state index contributed by atoms with van der Waals surface area (Å²) in [5.41, 5.74) is 0.236. The topological polar surface area (TPSA) is 102 Å². The molecule has 0 saturated carbocycles. The molecule has 1 atom stereocenters. The number of ether oxygens (including phenoxy) is 2. The molecule has 7 nitrogen and oxygen atoms in total. The normalized spacial score (nSPS) is 12.6. The molecule has 154 valence electrons. The Hall–Kier alpha value is -2.41. The molecule has 0 bridgehead atoms. The molecule has 0 aromatic heterocycles. The van der Waals surface area contributed by atoms with Gasteiger partial charge in [0.2, 0.25) is 0 Å². The predicted octanol–water partition coefficient (Wildman–Crippen LogP) is 3.99. The van der Waals surface area contributed by atoms with Crippen LogP contribution in [0.3, 0.4) is 0 Å². The van der Waals surface area contributed by atoms with E-state index < -0.39 is 35.8 Å². The van der Waals surface area contributed by atoms with Crippen LogP contribution in [0, 0.1) is 17.8 Å². The van der Waals surface area contributed by atoms with E-state index in [4.69, 9.17) is 21.1 Å². The molecule has 0 amide bonds. The maximum Gasteiger partial charge on any atom is 0.328 e. The van der Waals surface area contributed by atoms with E-state index >= 15 is 0 Å². The van der Waals surface area contributed by atoms with E-state index in [1.54, 1.807) is 41.5 Å². The molecule has 28 heavy (non-hydrogen) atoms. The Morgan fingerprint density at radius 3 is 2.00 bits per heavy atom. The molecule has 0 spiro atoms. The lowest BCUT2D eigenvalue weighted by molar-refractivity contribution is -0.140. The Balaban J connectivity index is 3.47. The van der Waals surface area contributed by atoms with Gasteiger partial charge in [-0.15, -0.1) is 0 Å². The van der Waals surface area contributed by atoms with Crippen molar-refractivity contribution in [2.24, 2.45) is 22.7 Å². The molecule has 1 N–H and O–H groups in total. The molecule has 0 radical (unpaired) electrons. The minimum Gasteiger partial charge on any atom is -0.480 e. The quantitative estimate of drug-likeness (QED) is 0.394. The monoisotopic (exact) mass is 411 g/mol. The SMILES string of the molecule is CC(C)C(=O)Oc1cc(Cl)cc(C=NC(C(=O)O)C(C)C)c1OC(=O)C(C)C. The number of aliphatic carboxylic acids is 1. The number of halogens is 1. The molecular weight excluding hydrogens is 386 g/mol. The molecule has 0 aliphatic heterocycles. The van der Waals surface area contributed by atoms with Crippen LogP contribution in [-0.4, -0.2) is 35.3 Å². The Morgan fingerprint density at radius 2 is 1.54 bits per heavy atom. The second-order valence-electron chi connectivity index (χ2n) is 7.28. The number of hydrogen-bond donors (Lipinski definition) is 1. The number of nitrogens with zero attached hydrogens (tertiary/aromatic N) is 1. The molecule has 0 aliphatic carbocycles. The van der Waals surface area contributed by atoms with E-state index in [0.717, 1.165) is 0 Å². The first-order valence-electron chi connectivity index (χ1n) is 8.96. The minimum atomic E-state index is -1.08. The number of aliphatic imine (C=N–C) groups is 1. The standard InChI is InChI=1S/C20H26ClNO6/c1-10(2)16(18(23)24)22-9-13-7-14(21)8-15(27-19(25)11(3)4)17(13)28-20(26)12(5)6/h7-12,16H,1-6H3,(H,23,24). The van der Waals surface area contributed by atoms with Crippen molar-refractivity contribution in [3.8, 4) is 11.5 Å². The maximum absolute atomic E-state index is 12.1. The van der Waals surface area contributed by atoms with Crippen molar-refractivity contribution in [1.29, 1.82) is 0 Å². The summed E-state index contributed by atoms with van der Waals surface area (Å²) in [6, 6.07) is 1.83. The number of carbonyl (C=O) groups is 3. The number of carboxylic acids is 1. The lowest BCUT2D eigenvalue weighted by atomic mass is 10.1. The van der Waals surface area contributed by atoms with Gasteiger partial charge in [0, 0.05) is 22.9 Å². The highest BCUT2D eigenvalue weighted by Gasteiger charge is 2.23. The van der Waals surface area contributed by atoms with Crippen LogP contribution in [0.5, 0.6) is 11.5 Å². The second kappa shape index (κ2) is 10.2. The molecule has 1 aromatic rings. The van der Waals surface area contributed by atoms with Crippen molar-refractivity contribution in [1.82, 2.24) is 0 Å². The third kappa shape index (κ3) is 6.64. The smallest absolute Gasteiger partial charge is 0.328 e. The predicted molar refractivity (Wildman–Crippen MR) is 106 cm³/mol. The fourth-order valence-corrected chi connectivity index (χ4v) is 2.21. The van der Waals surface area contributed by atoms with Gasteiger partial charge in [-0.25, -0.2) is 4.79 Å². The van der Waals surface area contributed by atoms with Crippen molar-refractivity contribution in [3.63, 3.8) is 0 Å². The zero-order valence-corrected chi connectivity index (χ0v) is 17.6. The van der Waals surface area contributed by atoms with Gasteiger partial charge in [-0.2, -0.15) is 0 Å². The summed E-state index contributed by atoms with van der Waals surface area (Å²) >= 11 is 6.11. The average molecular weight is 412 g/mol. The zero-order valence-electron chi connectivity index (χ0n) is 16.9. The van der Waals surface area contributed by atoms with E-state index in [2.05, 4.69) is 4.99 Å². The minimum absolute atomic E-state index is 0.0296. The fraction of sp³-hybridized carbons (Fsp3) is 0.500. The lowest BCUT2D eigenvalue weighted by Gasteiger charge is -2.16. The number of carbonyl (C=O) groups excluding carboxylic acids is 2. The van der Waals surface area contributed by atoms with Crippen LogP contribution in [0.1, 0.15) is 47.1 Å². The summed E-state index contributed by atoms with van der Waals surface area (Å²) in [6.07, 6.45) is 1.26. The molecule has 0 saturated heterocycles. The van der Waals surface area contributed by atoms with Gasteiger partial charge in [0.25, 0.3) is 0 Å². The van der Waals surface area contributed by atoms with E-state index in [1.165, 1.54) is 18.3 Å². The Kier molecular flexibility index (Phi) is 8.63. The second-order valence-corrected chi connectivity index (χ2v) is 7.72. The first kappa shape index (κ1) is 23.6. The third-order valence-electron chi connectivity index (χ3n) is 3.66. The molecule has 1 aromatic carbocycles. The summed E-state index contributed by atoms with van der Waals surface area (Å²) in [7, 11) is 0. The number of hydrogen-bond acceptors (Lipinski definition) is 6. The van der Waals surface area contributed by atoms with Crippen molar-refractivity contribution in [3.05, 3.63) is 22.7 Å². The Labute approximate surface area is 169 Å². The van der Waals surface area contributed by atoms with Gasteiger partial charge in [-0.1, -0.05) is 53.1 Å². The fourth-order valence-electron chi connectivity index (χ4n) is 2.00. The van der Waals surface area contributed by atoms with Gasteiger partial charge in [-0.3, -0.25) is 14.6 Å². The maximum atomic E-state index is 12.1. The average Bonchev–Trinajstić information content (AvgIpc) is 2.56. The first-order chi connectivity index (χ1) is 12.9. The van der Waals surface area contributed by atoms with Crippen LogP contribution in [0.2, 0.25) is 5.02 Å². The van der Waals surface area contributed by atoms with Crippen molar-refractivity contribution in [2.75, 3.05) is 0 Å². The lowest BCUT2D eigenvalue weighted by Crippen LogP contribution is -2.24. The Bertz CT molecular complexity index is 770. The molecular formula is C20H26ClNO6. The Morgan fingerprint density at radius 1 is 1.00 bits per heavy atom. The number of rotatable bonds is 8. The van der Waals surface area contributed by atoms with Gasteiger partial charge >= 0.3 is 17.9 Å². The third-order valence-corrected chi connectivity index (χ3v) is 3.88. The number of benzene rings is 1. The van der Waals surface area contributed by atoms with Gasteiger partial charge in [-0.05, 0) is 12.0 Å². The zero-order chi connectivity index (χ0) is 21.6. The molecule has 0 fully saturated rings. The van der Waals surface area contributed by atoms with Crippen LogP contribution in [0.4, 0.5) is 0 Å². The number of esters is 2. The van der Waals surface area contributed by atoms with Gasteiger partial charge in [0.1, 0.15) is 6.04 Å². The highest BCUT2D eigenvalue weighted by molar-refractivity contribution is 6.31. The summed E-state index contributed by atoms with van der Waals surface area (Å²) < 4.78 is 10.7. The van der Waals surface area contributed by atoms with Crippen LogP contribution in [-0.2, 0) is 14.4 Å². The van der Waals surface area contributed by atoms with Crippen LogP contribution in [0.25, 0.3) is 0 Å². The van der Waals surface area contributed by atoms with Crippen LogP contribution < -0.4 is 9.47 Å². The molecule has 8 heteroatoms. The highest BCUT2D eigenvalue weighted by Crippen LogP contribution is 2.35. The molecule has 1 rings (SSSR count). The molecule has 0 heterocycles. The van der Waals surface area contributed by atoms with Gasteiger partial charge in [0.15, 0.2) is 11.5 Å². The summed E-state index contributed by atoms with van der Waals surface area (Å²) in [5.74, 6) is -3.33. The summed E-state index contributed by atoms with van der Waals surface area (Å²) in [5, 5.41) is 9.52. The van der Waals surface area contributed by atoms with Gasteiger partial charge < -0.3 is 14.6 Å². The highest BCUT2D eigenvalue weighted by atomic mass is 35.5. The van der Waals surface area contributed by atoms with Crippen molar-refractivity contribution in [2.45, 2.75) is 47.6 Å². The van der Waals surface area contributed by atoms with Crippen molar-refractivity contribution < 1.29 is 29.0 Å². The van der Waals surface area contributed by atoms with E-state index in [9.17, 15) is 19.5 Å². The van der Waals surface area contributed by atoms with Crippen LogP contribution in [0.15, 0.2) is 17.1 Å². The van der Waals surface area contributed by atoms with Crippen molar-refractivity contribution >= 4 is 35.7 Å². The van der Waals surface area contributed by atoms with E-state index in [1.807, 2.05) is 0 Å². The van der Waals surface area contributed by atoms with E-state index in [-0.39, 0.29) is 28.0 Å². The van der Waals surface area contributed by atoms with Crippen LogP contribution >= 0.6 is 11.6 Å². The number of carboxylic acid groups (broad SMARTS) is 1. The summed E-state index contributed by atoms with van der Waals surface area (Å²) in [4.78, 5) is 39.6. The first-order valence-corrected chi connectivity index (χ1v) is 9.34. The van der Waals surface area contributed by atoms with E-state index in [0.29, 0.717) is 0 Å². The van der Waals surface area contributed by atoms with Gasteiger partial charge in [0.05, 0.1) is 11.8 Å².